The first-order valence-corrected chi connectivity index (χ1v) is 6.92. The lowest BCUT2D eigenvalue weighted by Gasteiger charge is -2.23. The fraction of sp³-hybridized carbons (Fsp3) is 1.00. The Morgan fingerprint density at radius 1 is 0.733 bits per heavy atom. The van der Waals surface area contributed by atoms with Gasteiger partial charge in [0.2, 0.25) is 0 Å². The molecule has 0 N–H and O–H groups in total. The summed E-state index contributed by atoms with van der Waals surface area (Å²) in [6.07, 6.45) is 1.20. The second kappa shape index (κ2) is 11.0. The van der Waals surface area contributed by atoms with Crippen LogP contribution < -0.4 is 0 Å². The molecule has 0 unspecified atom stereocenters. The first-order valence-electron chi connectivity index (χ1n) is 5.85. The first kappa shape index (κ1) is 15.5. The number of halogens is 2. The zero-order chi connectivity index (χ0) is 11.5. The van der Waals surface area contributed by atoms with Crippen LogP contribution in [-0.4, -0.2) is 60.8 Å². The normalized spacial score (nSPS) is 11.6. The molecule has 0 aliphatic rings. The van der Waals surface area contributed by atoms with E-state index in [0.717, 1.165) is 32.7 Å². The fourth-order valence-electron chi connectivity index (χ4n) is 1.63. The molecule has 15 heavy (non-hydrogen) atoms. The van der Waals surface area contributed by atoms with Crippen molar-refractivity contribution in [3.8, 4) is 0 Å². The molecular weight excluding hydrogens is 231 g/mol. The molecule has 0 aromatic heterocycles. The molecule has 0 bridgehead atoms. The largest absolute Gasteiger partial charge is 0.304 e. The molecule has 0 saturated heterocycles. The third-order valence-electron chi connectivity index (χ3n) is 2.64. The molecule has 0 aromatic rings. The number of alkyl halides is 2. The van der Waals surface area contributed by atoms with Crippen LogP contribution in [0.3, 0.4) is 0 Å². The van der Waals surface area contributed by atoms with Crippen molar-refractivity contribution in [2.75, 3.05) is 51.0 Å². The molecule has 0 atom stereocenters. The Morgan fingerprint density at radius 2 is 1.20 bits per heavy atom. The Bertz CT molecular complexity index is 124. The smallest absolute Gasteiger partial charge is 0.0351 e. The van der Waals surface area contributed by atoms with E-state index in [1.807, 2.05) is 0 Å². The Labute approximate surface area is 105 Å². The highest BCUT2D eigenvalue weighted by Gasteiger charge is 2.04. The highest BCUT2D eigenvalue weighted by atomic mass is 35.5. The fourth-order valence-corrected chi connectivity index (χ4v) is 2.11. The lowest BCUT2D eigenvalue weighted by molar-refractivity contribution is 0.252. The Balaban J connectivity index is 3.59. The molecular formula is C11H24Cl2N2. The highest BCUT2D eigenvalue weighted by Crippen LogP contribution is 1.97. The van der Waals surface area contributed by atoms with Crippen molar-refractivity contribution in [3.63, 3.8) is 0 Å². The van der Waals surface area contributed by atoms with E-state index in [4.69, 9.17) is 23.2 Å². The van der Waals surface area contributed by atoms with Gasteiger partial charge in [-0.25, -0.2) is 0 Å². The van der Waals surface area contributed by atoms with Gasteiger partial charge in [0, 0.05) is 24.8 Å². The molecule has 4 heteroatoms. The molecule has 2 nitrogen and oxygen atoms in total. The van der Waals surface area contributed by atoms with E-state index in [9.17, 15) is 0 Å². The van der Waals surface area contributed by atoms with E-state index in [0.29, 0.717) is 11.8 Å². The zero-order valence-corrected chi connectivity index (χ0v) is 11.5. The molecule has 0 radical (unpaired) electrons. The average Bonchev–Trinajstić information content (AvgIpc) is 2.25. The molecule has 0 aliphatic carbocycles. The maximum absolute atomic E-state index is 5.73. The van der Waals surface area contributed by atoms with Crippen LogP contribution in [0.1, 0.15) is 20.3 Å². The minimum absolute atomic E-state index is 0.697. The van der Waals surface area contributed by atoms with Gasteiger partial charge in [-0.3, -0.25) is 0 Å². The number of hydrogen-bond acceptors (Lipinski definition) is 2. The van der Waals surface area contributed by atoms with Gasteiger partial charge in [-0.2, -0.15) is 0 Å². The minimum Gasteiger partial charge on any atom is -0.304 e. The van der Waals surface area contributed by atoms with Gasteiger partial charge < -0.3 is 9.80 Å². The highest BCUT2D eigenvalue weighted by molar-refractivity contribution is 6.18. The van der Waals surface area contributed by atoms with Gasteiger partial charge in [0.05, 0.1) is 0 Å². The number of hydrogen-bond donors (Lipinski definition) is 0. The number of rotatable bonds is 10. The van der Waals surface area contributed by atoms with Gasteiger partial charge in [-0.15, -0.1) is 23.2 Å². The summed E-state index contributed by atoms with van der Waals surface area (Å²) in [6, 6.07) is 0. The lowest BCUT2D eigenvalue weighted by Crippen LogP contribution is -2.32. The molecule has 0 aliphatic heterocycles. The molecule has 0 aromatic carbocycles. The van der Waals surface area contributed by atoms with E-state index in [1.54, 1.807) is 0 Å². The van der Waals surface area contributed by atoms with Gasteiger partial charge >= 0.3 is 0 Å². The Morgan fingerprint density at radius 3 is 1.60 bits per heavy atom. The van der Waals surface area contributed by atoms with Gasteiger partial charge in [-0.05, 0) is 32.6 Å². The van der Waals surface area contributed by atoms with Crippen LogP contribution in [-0.2, 0) is 0 Å². The van der Waals surface area contributed by atoms with Crippen molar-refractivity contribution >= 4 is 23.2 Å². The van der Waals surface area contributed by atoms with Crippen LogP contribution in [0.5, 0.6) is 0 Å². The van der Waals surface area contributed by atoms with Crippen LogP contribution in [0, 0.1) is 0 Å². The van der Waals surface area contributed by atoms with Crippen LogP contribution in [0.15, 0.2) is 0 Å². The van der Waals surface area contributed by atoms with E-state index >= 15 is 0 Å². The molecule has 0 rings (SSSR count). The molecule has 0 amide bonds. The second-order valence-electron chi connectivity index (χ2n) is 3.60. The molecule has 0 saturated carbocycles. The van der Waals surface area contributed by atoms with E-state index in [1.165, 1.54) is 13.0 Å². The van der Waals surface area contributed by atoms with E-state index in [2.05, 4.69) is 23.6 Å². The van der Waals surface area contributed by atoms with Crippen molar-refractivity contribution in [1.82, 2.24) is 9.80 Å². The summed E-state index contributed by atoms with van der Waals surface area (Å²) in [4.78, 5) is 4.78. The third kappa shape index (κ3) is 8.32. The summed E-state index contributed by atoms with van der Waals surface area (Å²) in [6.45, 7) is 10.9. The standard InChI is InChI=1S/C11H24Cl2N2/c1-3-14(4-2)8-5-9-15(10-6-12)11-7-13/h3-11H2,1-2H3. The summed E-state index contributed by atoms with van der Waals surface area (Å²) in [5.41, 5.74) is 0. The second-order valence-corrected chi connectivity index (χ2v) is 4.36. The topological polar surface area (TPSA) is 6.48 Å². The minimum atomic E-state index is 0.697. The average molecular weight is 255 g/mol. The summed E-state index contributed by atoms with van der Waals surface area (Å²) >= 11 is 11.5. The van der Waals surface area contributed by atoms with Crippen molar-refractivity contribution in [1.29, 1.82) is 0 Å². The van der Waals surface area contributed by atoms with E-state index in [-0.39, 0.29) is 0 Å². The Kier molecular flexibility index (Phi) is 11.4. The first-order chi connectivity index (χ1) is 7.28. The monoisotopic (exact) mass is 254 g/mol. The molecule has 0 spiro atoms. The SMILES string of the molecule is CCN(CC)CCCN(CCCl)CCCl. The maximum atomic E-state index is 5.73. The quantitative estimate of drug-likeness (QED) is 0.553. The van der Waals surface area contributed by atoms with Crippen molar-refractivity contribution in [2.24, 2.45) is 0 Å². The molecule has 0 heterocycles. The Hall–Kier alpha value is 0.500. The predicted octanol–water partition coefficient (Wildman–Crippen LogP) is 2.50. The van der Waals surface area contributed by atoms with Gasteiger partial charge in [0.1, 0.15) is 0 Å². The summed E-state index contributed by atoms with van der Waals surface area (Å²) < 4.78 is 0. The van der Waals surface area contributed by atoms with Crippen molar-refractivity contribution in [3.05, 3.63) is 0 Å². The van der Waals surface area contributed by atoms with Crippen LogP contribution in [0.25, 0.3) is 0 Å². The third-order valence-corrected chi connectivity index (χ3v) is 2.98. The number of nitrogens with zero attached hydrogens (tertiary/aromatic N) is 2. The molecule has 92 valence electrons. The van der Waals surface area contributed by atoms with Crippen LogP contribution >= 0.6 is 23.2 Å². The van der Waals surface area contributed by atoms with Crippen molar-refractivity contribution < 1.29 is 0 Å². The van der Waals surface area contributed by atoms with E-state index < -0.39 is 0 Å². The summed E-state index contributed by atoms with van der Waals surface area (Å²) in [7, 11) is 0. The summed E-state index contributed by atoms with van der Waals surface area (Å²) in [5.74, 6) is 1.39. The maximum Gasteiger partial charge on any atom is 0.0351 e. The van der Waals surface area contributed by atoms with Gasteiger partial charge in [-0.1, -0.05) is 13.8 Å². The van der Waals surface area contributed by atoms with Gasteiger partial charge in [0.15, 0.2) is 0 Å². The van der Waals surface area contributed by atoms with Crippen LogP contribution in [0.4, 0.5) is 0 Å². The molecule has 0 fully saturated rings. The van der Waals surface area contributed by atoms with Crippen molar-refractivity contribution in [2.45, 2.75) is 20.3 Å². The van der Waals surface area contributed by atoms with Crippen LogP contribution in [0.2, 0.25) is 0 Å². The summed E-state index contributed by atoms with van der Waals surface area (Å²) in [5, 5.41) is 0. The predicted molar refractivity (Wildman–Crippen MR) is 70.3 cm³/mol. The lowest BCUT2D eigenvalue weighted by atomic mass is 10.3. The zero-order valence-electron chi connectivity index (χ0n) is 10.0. The van der Waals surface area contributed by atoms with Gasteiger partial charge in [0.25, 0.3) is 0 Å².